The van der Waals surface area contributed by atoms with Gasteiger partial charge in [-0.2, -0.15) is 13.2 Å². The van der Waals surface area contributed by atoms with Crippen LogP contribution in [0.4, 0.5) is 13.2 Å². The van der Waals surface area contributed by atoms with Crippen molar-refractivity contribution in [1.29, 1.82) is 0 Å². The van der Waals surface area contributed by atoms with Crippen LogP contribution < -0.4 is 10.6 Å². The third-order valence-corrected chi connectivity index (χ3v) is 2.62. The van der Waals surface area contributed by atoms with Crippen molar-refractivity contribution >= 4 is 29.9 Å². The highest BCUT2D eigenvalue weighted by Gasteiger charge is 2.30. The van der Waals surface area contributed by atoms with E-state index >= 15 is 0 Å². The zero-order chi connectivity index (χ0) is 15.7. The highest BCUT2D eigenvalue weighted by Crippen LogP contribution is 2.29. The first-order valence-corrected chi connectivity index (χ1v) is 6.64. The number of halogens is 4. The molecule has 0 atom stereocenters. The molecule has 0 amide bonds. The first kappa shape index (κ1) is 21.0. The Morgan fingerprint density at radius 1 is 1.27 bits per heavy atom. The van der Waals surface area contributed by atoms with Crippen LogP contribution in [0.2, 0.25) is 0 Å². The van der Waals surface area contributed by atoms with E-state index in [0.29, 0.717) is 31.2 Å². The number of nitrogens with one attached hydrogen (secondary N) is 2. The first-order valence-electron chi connectivity index (χ1n) is 6.64. The van der Waals surface area contributed by atoms with Crippen LogP contribution in [0.5, 0.6) is 0 Å². The fraction of sp³-hybridized carbons (Fsp3) is 0.500. The molecule has 0 saturated heterocycles. The molecule has 0 heterocycles. The van der Waals surface area contributed by atoms with Gasteiger partial charge in [-0.1, -0.05) is 12.1 Å². The summed E-state index contributed by atoms with van der Waals surface area (Å²) < 4.78 is 42.8. The quantitative estimate of drug-likeness (QED) is 0.315. The summed E-state index contributed by atoms with van der Waals surface area (Å²) >= 11 is 0. The second kappa shape index (κ2) is 10.7. The first-order chi connectivity index (χ1) is 9.97. The molecule has 4 nitrogen and oxygen atoms in total. The van der Waals surface area contributed by atoms with Crippen molar-refractivity contribution in [2.24, 2.45) is 4.99 Å². The molecule has 1 aromatic carbocycles. The van der Waals surface area contributed by atoms with E-state index in [-0.39, 0.29) is 30.5 Å². The molecule has 0 unspecified atom stereocenters. The molecule has 0 bridgehead atoms. The minimum Gasteiger partial charge on any atom is -0.383 e. The SMILES string of the molecule is CCNC(=NCc1cccc(C(F)(F)F)c1)NCCOC.I. The highest BCUT2D eigenvalue weighted by molar-refractivity contribution is 14.0. The average Bonchev–Trinajstić information content (AvgIpc) is 2.44. The van der Waals surface area contributed by atoms with Gasteiger partial charge in [0.15, 0.2) is 5.96 Å². The molecule has 0 aliphatic heterocycles. The van der Waals surface area contributed by atoms with Gasteiger partial charge in [0.05, 0.1) is 18.7 Å². The lowest BCUT2D eigenvalue weighted by molar-refractivity contribution is -0.137. The summed E-state index contributed by atoms with van der Waals surface area (Å²) in [6, 6.07) is 5.17. The third kappa shape index (κ3) is 7.83. The summed E-state index contributed by atoms with van der Waals surface area (Å²) in [6.45, 7) is 3.85. The van der Waals surface area contributed by atoms with E-state index in [1.54, 1.807) is 13.2 Å². The monoisotopic (exact) mass is 431 g/mol. The molecule has 0 radical (unpaired) electrons. The lowest BCUT2D eigenvalue weighted by Gasteiger charge is -2.11. The molecular formula is C14H21F3IN3O. The largest absolute Gasteiger partial charge is 0.416 e. The summed E-state index contributed by atoms with van der Waals surface area (Å²) in [7, 11) is 1.59. The number of benzene rings is 1. The van der Waals surface area contributed by atoms with E-state index in [1.165, 1.54) is 6.07 Å². The van der Waals surface area contributed by atoms with E-state index in [1.807, 2.05) is 6.92 Å². The number of alkyl halides is 3. The van der Waals surface area contributed by atoms with Gasteiger partial charge in [-0.05, 0) is 24.6 Å². The van der Waals surface area contributed by atoms with Gasteiger partial charge < -0.3 is 15.4 Å². The minimum absolute atomic E-state index is 0. The van der Waals surface area contributed by atoms with Crippen molar-refractivity contribution in [2.75, 3.05) is 26.8 Å². The van der Waals surface area contributed by atoms with Gasteiger partial charge >= 0.3 is 6.18 Å². The summed E-state index contributed by atoms with van der Waals surface area (Å²) in [4.78, 5) is 4.25. The Kier molecular flexibility index (Phi) is 10.2. The molecule has 22 heavy (non-hydrogen) atoms. The van der Waals surface area contributed by atoms with Gasteiger partial charge in [-0.3, -0.25) is 0 Å². The van der Waals surface area contributed by atoms with Crippen molar-refractivity contribution in [3.8, 4) is 0 Å². The van der Waals surface area contributed by atoms with E-state index in [0.717, 1.165) is 12.1 Å². The van der Waals surface area contributed by atoms with Crippen LogP contribution >= 0.6 is 24.0 Å². The van der Waals surface area contributed by atoms with Crippen LogP contribution in [0.15, 0.2) is 29.3 Å². The molecule has 1 aromatic rings. The number of ether oxygens (including phenoxy) is 1. The number of aliphatic imine (C=N–C) groups is 1. The summed E-state index contributed by atoms with van der Waals surface area (Å²) in [5.74, 6) is 0.548. The number of hydrogen-bond donors (Lipinski definition) is 2. The molecule has 0 aromatic heterocycles. The maximum atomic E-state index is 12.6. The highest BCUT2D eigenvalue weighted by atomic mass is 127. The molecule has 0 aliphatic rings. The number of guanidine groups is 1. The van der Waals surface area contributed by atoms with Crippen molar-refractivity contribution in [3.63, 3.8) is 0 Å². The third-order valence-electron chi connectivity index (χ3n) is 2.62. The van der Waals surface area contributed by atoms with Gasteiger partial charge in [0.1, 0.15) is 0 Å². The van der Waals surface area contributed by atoms with Crippen molar-refractivity contribution < 1.29 is 17.9 Å². The summed E-state index contributed by atoms with van der Waals surface area (Å²) in [6.07, 6.45) is -4.33. The smallest absolute Gasteiger partial charge is 0.383 e. The summed E-state index contributed by atoms with van der Waals surface area (Å²) in [5, 5.41) is 6.05. The Morgan fingerprint density at radius 3 is 2.59 bits per heavy atom. The van der Waals surface area contributed by atoms with E-state index in [2.05, 4.69) is 15.6 Å². The van der Waals surface area contributed by atoms with Crippen molar-refractivity contribution in [3.05, 3.63) is 35.4 Å². The zero-order valence-electron chi connectivity index (χ0n) is 12.5. The van der Waals surface area contributed by atoms with Crippen LogP contribution in [0.3, 0.4) is 0 Å². The maximum Gasteiger partial charge on any atom is 0.416 e. The van der Waals surface area contributed by atoms with Crippen molar-refractivity contribution in [1.82, 2.24) is 10.6 Å². The molecule has 0 aliphatic carbocycles. The van der Waals surface area contributed by atoms with Crippen LogP contribution in [0.1, 0.15) is 18.1 Å². The van der Waals surface area contributed by atoms with Gasteiger partial charge in [-0.15, -0.1) is 24.0 Å². The lowest BCUT2D eigenvalue weighted by atomic mass is 10.1. The van der Waals surface area contributed by atoms with Gasteiger partial charge in [0, 0.05) is 20.2 Å². The van der Waals surface area contributed by atoms with Crippen LogP contribution in [-0.2, 0) is 17.5 Å². The van der Waals surface area contributed by atoms with Crippen LogP contribution in [0.25, 0.3) is 0 Å². The fourth-order valence-corrected chi connectivity index (χ4v) is 1.63. The normalized spacial score (nSPS) is 11.8. The molecule has 0 spiro atoms. The van der Waals surface area contributed by atoms with Crippen LogP contribution in [0, 0.1) is 0 Å². The fourth-order valence-electron chi connectivity index (χ4n) is 1.63. The molecule has 0 fully saturated rings. The van der Waals surface area contributed by atoms with E-state index in [4.69, 9.17) is 4.74 Å². The second-order valence-corrected chi connectivity index (χ2v) is 4.31. The van der Waals surface area contributed by atoms with Gasteiger partial charge in [-0.25, -0.2) is 4.99 Å². The molecule has 2 N–H and O–H groups in total. The van der Waals surface area contributed by atoms with Crippen molar-refractivity contribution in [2.45, 2.75) is 19.6 Å². The van der Waals surface area contributed by atoms with E-state index in [9.17, 15) is 13.2 Å². The number of hydrogen-bond acceptors (Lipinski definition) is 2. The molecular weight excluding hydrogens is 410 g/mol. The van der Waals surface area contributed by atoms with Gasteiger partial charge in [0.2, 0.25) is 0 Å². The predicted molar refractivity (Wildman–Crippen MR) is 91.6 cm³/mol. The Labute approximate surface area is 145 Å². The standard InChI is InChI=1S/C14H20F3N3O.HI/c1-3-18-13(19-7-8-21-2)20-10-11-5-4-6-12(9-11)14(15,16)17;/h4-6,9H,3,7-8,10H2,1-2H3,(H2,18,19,20);1H. The van der Waals surface area contributed by atoms with E-state index < -0.39 is 11.7 Å². The Hall–Kier alpha value is -1.03. The van der Waals surface area contributed by atoms with Crippen LogP contribution in [-0.4, -0.2) is 32.8 Å². The second-order valence-electron chi connectivity index (χ2n) is 4.31. The summed E-state index contributed by atoms with van der Waals surface area (Å²) in [5.41, 5.74) is -0.152. The molecule has 0 saturated carbocycles. The predicted octanol–water partition coefficient (Wildman–Crippen LogP) is 3.02. The Bertz CT molecular complexity index is 467. The van der Waals surface area contributed by atoms with Gasteiger partial charge in [0.25, 0.3) is 0 Å². The lowest BCUT2D eigenvalue weighted by Crippen LogP contribution is -2.38. The maximum absolute atomic E-state index is 12.6. The Morgan fingerprint density at radius 2 is 2.00 bits per heavy atom. The molecule has 8 heteroatoms. The minimum atomic E-state index is -4.33. The Balaban J connectivity index is 0.00000441. The molecule has 126 valence electrons. The topological polar surface area (TPSA) is 45.7 Å². The number of nitrogens with zero attached hydrogens (tertiary/aromatic N) is 1. The number of rotatable bonds is 6. The number of methoxy groups -OCH3 is 1. The average molecular weight is 431 g/mol. The molecule has 1 rings (SSSR count). The zero-order valence-corrected chi connectivity index (χ0v) is 14.9.